The largest absolute Gasteiger partial charge is 0.417 e. The topological polar surface area (TPSA) is 101 Å². The molecular weight excluding hydrogens is 497 g/mol. The van der Waals surface area contributed by atoms with E-state index in [-0.39, 0.29) is 11.6 Å². The molecule has 1 fully saturated rings. The summed E-state index contributed by atoms with van der Waals surface area (Å²) < 4.78 is 44.7. The number of aromatic nitrogens is 3. The first kappa shape index (κ1) is 25.6. The highest BCUT2D eigenvalue weighted by atomic mass is 35.5. The van der Waals surface area contributed by atoms with Crippen molar-refractivity contribution in [2.75, 3.05) is 29.2 Å². The number of hydrogen-bond donors (Lipinski definition) is 3. The first-order valence-electron chi connectivity index (χ1n) is 11.2. The fraction of sp³-hybridized carbons (Fsp3) is 0.333. The lowest BCUT2D eigenvalue weighted by molar-refractivity contribution is -0.137. The predicted octanol–water partition coefficient (Wildman–Crippen LogP) is 6.44. The number of alkyl halides is 3. The van der Waals surface area contributed by atoms with E-state index in [1.165, 1.54) is 6.07 Å². The van der Waals surface area contributed by atoms with Crippen LogP contribution in [0.4, 0.5) is 41.0 Å². The maximum absolute atomic E-state index is 13.1. The first-order chi connectivity index (χ1) is 17.1. The monoisotopic (exact) mass is 520 g/mol. The predicted molar refractivity (Wildman–Crippen MR) is 131 cm³/mol. The lowest BCUT2D eigenvalue weighted by Gasteiger charge is -2.21. The van der Waals surface area contributed by atoms with Crippen LogP contribution in [-0.4, -0.2) is 34.2 Å². The van der Waals surface area contributed by atoms with Crippen molar-refractivity contribution in [3.8, 4) is 0 Å². The van der Waals surface area contributed by atoms with Gasteiger partial charge in [0.05, 0.1) is 10.6 Å². The van der Waals surface area contributed by atoms with E-state index < -0.39 is 22.8 Å². The molecule has 3 aromatic rings. The van der Waals surface area contributed by atoms with Gasteiger partial charge in [0.1, 0.15) is 11.6 Å². The van der Waals surface area contributed by atoms with Crippen LogP contribution in [0.3, 0.4) is 0 Å². The molecule has 0 saturated carbocycles. The molecule has 2 heterocycles. The molecule has 4 rings (SSSR count). The molecule has 8 nitrogen and oxygen atoms in total. The van der Waals surface area contributed by atoms with Crippen molar-refractivity contribution in [1.82, 2.24) is 15.0 Å². The number of anilines is 4. The summed E-state index contributed by atoms with van der Waals surface area (Å²) in [6.07, 6.45) is -2.95. The van der Waals surface area contributed by atoms with Gasteiger partial charge < -0.3 is 20.7 Å². The van der Waals surface area contributed by atoms with E-state index in [0.29, 0.717) is 42.2 Å². The molecule has 1 aromatic heterocycles. The SMILES string of the molecule is Cc1nc(Nc2cc(NC(=O)Nc3ccc(Cl)c(C(F)(F)F)c3)ccc2C)nc(C2CCOCC2)n1. The summed E-state index contributed by atoms with van der Waals surface area (Å²) in [5.41, 5.74) is 0.870. The van der Waals surface area contributed by atoms with Gasteiger partial charge in [0.25, 0.3) is 0 Å². The molecule has 0 spiro atoms. The van der Waals surface area contributed by atoms with Crippen LogP contribution < -0.4 is 16.0 Å². The van der Waals surface area contributed by atoms with Crippen LogP contribution in [0.1, 0.15) is 41.5 Å². The number of halogens is 4. The number of nitrogens with one attached hydrogen (secondary N) is 3. The van der Waals surface area contributed by atoms with Crippen LogP contribution in [0.15, 0.2) is 36.4 Å². The average Bonchev–Trinajstić information content (AvgIpc) is 2.82. The van der Waals surface area contributed by atoms with E-state index in [1.807, 2.05) is 6.92 Å². The number of rotatable bonds is 5. The minimum Gasteiger partial charge on any atom is -0.381 e. The average molecular weight is 521 g/mol. The molecule has 190 valence electrons. The summed E-state index contributed by atoms with van der Waals surface area (Å²) >= 11 is 5.63. The van der Waals surface area contributed by atoms with Crippen molar-refractivity contribution in [3.63, 3.8) is 0 Å². The molecule has 0 radical (unpaired) electrons. The molecule has 1 saturated heterocycles. The highest BCUT2D eigenvalue weighted by Crippen LogP contribution is 2.36. The Labute approximate surface area is 210 Å². The number of urea groups is 1. The van der Waals surface area contributed by atoms with Gasteiger partial charge in [0, 0.05) is 36.2 Å². The zero-order chi connectivity index (χ0) is 25.9. The summed E-state index contributed by atoms with van der Waals surface area (Å²) in [6.45, 7) is 5.01. The fourth-order valence-electron chi connectivity index (χ4n) is 3.77. The normalized spacial score (nSPS) is 14.4. The summed E-state index contributed by atoms with van der Waals surface area (Å²) in [4.78, 5) is 25.9. The molecule has 1 aliphatic heterocycles. The van der Waals surface area contributed by atoms with Crippen LogP contribution in [0.2, 0.25) is 5.02 Å². The highest BCUT2D eigenvalue weighted by Gasteiger charge is 2.33. The maximum Gasteiger partial charge on any atom is 0.417 e. The number of nitrogens with zero attached hydrogens (tertiary/aromatic N) is 3. The fourth-order valence-corrected chi connectivity index (χ4v) is 3.99. The summed E-state index contributed by atoms with van der Waals surface area (Å²) in [7, 11) is 0. The van der Waals surface area contributed by atoms with Crippen molar-refractivity contribution in [2.24, 2.45) is 0 Å². The second-order valence-corrected chi connectivity index (χ2v) is 8.78. The van der Waals surface area contributed by atoms with Gasteiger partial charge in [-0.15, -0.1) is 0 Å². The number of carbonyl (C=O) groups excluding carboxylic acids is 1. The minimum absolute atomic E-state index is 0.0454. The van der Waals surface area contributed by atoms with Crippen LogP contribution >= 0.6 is 11.6 Å². The molecule has 0 aliphatic carbocycles. The lowest BCUT2D eigenvalue weighted by atomic mass is 10.00. The smallest absolute Gasteiger partial charge is 0.381 e. The summed E-state index contributed by atoms with van der Waals surface area (Å²) in [5.74, 6) is 1.88. The number of aryl methyl sites for hydroxylation is 2. The molecule has 36 heavy (non-hydrogen) atoms. The van der Waals surface area contributed by atoms with Gasteiger partial charge >= 0.3 is 12.2 Å². The number of hydrogen-bond acceptors (Lipinski definition) is 6. The van der Waals surface area contributed by atoms with Crippen LogP contribution in [0.5, 0.6) is 0 Å². The molecule has 0 unspecified atom stereocenters. The molecule has 3 N–H and O–H groups in total. The Kier molecular flexibility index (Phi) is 7.60. The molecular formula is C24H24ClF3N6O2. The van der Waals surface area contributed by atoms with Crippen molar-refractivity contribution < 1.29 is 22.7 Å². The third kappa shape index (κ3) is 6.41. The Morgan fingerprint density at radius 1 is 1.00 bits per heavy atom. The lowest BCUT2D eigenvalue weighted by Crippen LogP contribution is -2.20. The maximum atomic E-state index is 13.1. The van der Waals surface area contributed by atoms with Crippen molar-refractivity contribution in [2.45, 2.75) is 38.8 Å². The first-order valence-corrected chi connectivity index (χ1v) is 11.6. The Bertz CT molecular complexity index is 1270. The number of benzene rings is 2. The molecule has 2 amide bonds. The van der Waals surface area contributed by atoms with Gasteiger partial charge in [-0.1, -0.05) is 17.7 Å². The van der Waals surface area contributed by atoms with E-state index >= 15 is 0 Å². The number of amides is 2. The zero-order valence-electron chi connectivity index (χ0n) is 19.5. The van der Waals surface area contributed by atoms with E-state index in [1.54, 1.807) is 25.1 Å². The Morgan fingerprint density at radius 2 is 1.67 bits per heavy atom. The van der Waals surface area contributed by atoms with Gasteiger partial charge in [-0.25, -0.2) is 9.78 Å². The third-order valence-corrected chi connectivity index (χ3v) is 5.95. The van der Waals surface area contributed by atoms with E-state index in [0.717, 1.165) is 30.5 Å². The number of carbonyl (C=O) groups is 1. The van der Waals surface area contributed by atoms with E-state index in [2.05, 4.69) is 30.9 Å². The van der Waals surface area contributed by atoms with Gasteiger partial charge in [-0.05, 0) is 62.6 Å². The second kappa shape index (κ2) is 10.7. The van der Waals surface area contributed by atoms with Crippen molar-refractivity contribution in [1.29, 1.82) is 0 Å². The highest BCUT2D eigenvalue weighted by molar-refractivity contribution is 6.31. The molecule has 0 atom stereocenters. The van der Waals surface area contributed by atoms with E-state index in [9.17, 15) is 18.0 Å². The van der Waals surface area contributed by atoms with E-state index in [4.69, 9.17) is 16.3 Å². The number of ether oxygens (including phenoxy) is 1. The quantitative estimate of drug-likeness (QED) is 0.358. The van der Waals surface area contributed by atoms with Crippen molar-refractivity contribution >= 4 is 40.6 Å². The zero-order valence-corrected chi connectivity index (χ0v) is 20.3. The van der Waals surface area contributed by atoms with Gasteiger partial charge in [0.15, 0.2) is 0 Å². The Morgan fingerprint density at radius 3 is 2.36 bits per heavy atom. The standard InChI is InChI=1S/C24H24ClF3N6O2/c1-13-3-4-17(32-23(35)31-16-5-6-19(25)18(11-16)24(26,27)28)12-20(13)33-22-30-14(2)29-21(34-22)15-7-9-36-10-8-15/h3-6,11-12,15H,7-10H2,1-2H3,(H2,31,32,35)(H,29,30,33,34). The Balaban J connectivity index is 1.47. The molecule has 12 heteroatoms. The van der Waals surface area contributed by atoms with Crippen LogP contribution in [-0.2, 0) is 10.9 Å². The van der Waals surface area contributed by atoms with Crippen LogP contribution in [0, 0.1) is 13.8 Å². The Hall–Kier alpha value is -3.44. The summed E-state index contributed by atoms with van der Waals surface area (Å²) in [5, 5.41) is 7.75. The second-order valence-electron chi connectivity index (χ2n) is 8.38. The summed E-state index contributed by atoms with van der Waals surface area (Å²) in [6, 6.07) is 7.59. The third-order valence-electron chi connectivity index (χ3n) is 5.62. The minimum atomic E-state index is -4.64. The van der Waals surface area contributed by atoms with Gasteiger partial charge in [-0.2, -0.15) is 23.1 Å². The van der Waals surface area contributed by atoms with Gasteiger partial charge in [-0.3, -0.25) is 0 Å². The molecule has 0 bridgehead atoms. The molecule has 1 aliphatic rings. The van der Waals surface area contributed by atoms with Crippen molar-refractivity contribution in [3.05, 3.63) is 64.2 Å². The van der Waals surface area contributed by atoms with Gasteiger partial charge in [0.2, 0.25) is 5.95 Å². The van der Waals surface area contributed by atoms with Crippen LogP contribution in [0.25, 0.3) is 0 Å². The molecule has 2 aromatic carbocycles.